The Morgan fingerprint density at radius 2 is 1.28 bits per heavy atom. The number of thiophene rings is 1. The number of hydrogen-bond acceptors (Lipinski definition) is 2. The first kappa shape index (κ1) is 21.6. The molecule has 0 saturated carbocycles. The summed E-state index contributed by atoms with van der Waals surface area (Å²) in [5.74, 6) is 0. The van der Waals surface area contributed by atoms with Crippen molar-refractivity contribution < 1.29 is 0 Å². The summed E-state index contributed by atoms with van der Waals surface area (Å²) in [5.41, 5.74) is 3.88. The van der Waals surface area contributed by atoms with E-state index >= 15 is 0 Å². The number of aromatic nitrogens is 1. The van der Waals surface area contributed by atoms with Crippen LogP contribution in [0, 0.1) is 11.3 Å². The summed E-state index contributed by atoms with van der Waals surface area (Å²) in [7, 11) is 0. The molecule has 0 spiro atoms. The third-order valence-electron chi connectivity index (χ3n) is 5.44. The zero-order chi connectivity index (χ0) is 22.7. The average molecular weight is 435 g/mol. The van der Waals surface area contributed by atoms with E-state index in [1.165, 1.54) is 30.9 Å². The minimum atomic E-state index is 0.682. The van der Waals surface area contributed by atoms with Gasteiger partial charge in [-0.2, -0.15) is 5.26 Å². The molecule has 0 N–H and O–H groups in total. The largest absolute Gasteiger partial charge is 0.308 e. The summed E-state index contributed by atoms with van der Waals surface area (Å²) in [6.07, 6.45) is 0. The Morgan fingerprint density at radius 1 is 0.625 bits per heavy atom. The molecule has 0 amide bonds. The minimum absolute atomic E-state index is 0.682. The van der Waals surface area contributed by atoms with Gasteiger partial charge >= 0.3 is 0 Å². The average Bonchev–Trinajstić information content (AvgIpc) is 3.40. The Bertz CT molecular complexity index is 1580. The van der Waals surface area contributed by atoms with Gasteiger partial charge in [0, 0.05) is 30.9 Å². The van der Waals surface area contributed by atoms with Crippen molar-refractivity contribution in [2.75, 3.05) is 0 Å². The van der Waals surface area contributed by atoms with E-state index in [0.717, 1.165) is 16.7 Å². The number of nitriles is 1. The van der Waals surface area contributed by atoms with Gasteiger partial charge in [0.15, 0.2) is 0 Å². The van der Waals surface area contributed by atoms with E-state index in [4.69, 9.17) is 0 Å². The molecule has 2 aromatic heterocycles. The fourth-order valence-electron chi connectivity index (χ4n) is 4.21. The molecular formula is C29H26N2S. The highest BCUT2D eigenvalue weighted by molar-refractivity contribution is 7.25. The van der Waals surface area contributed by atoms with Crippen LogP contribution in [0.25, 0.3) is 47.7 Å². The second-order valence-electron chi connectivity index (χ2n) is 6.95. The normalized spacial score (nSPS) is 10.5. The van der Waals surface area contributed by atoms with E-state index in [9.17, 15) is 5.26 Å². The fraction of sp³-hybridized carbons (Fsp3) is 0.138. The fourth-order valence-corrected chi connectivity index (χ4v) is 5.33. The number of benzene rings is 4. The van der Waals surface area contributed by atoms with Gasteiger partial charge in [0.1, 0.15) is 6.07 Å². The molecule has 0 bridgehead atoms. The predicted molar refractivity (Wildman–Crippen MR) is 141 cm³/mol. The smallest absolute Gasteiger partial charge is 0.101 e. The molecule has 32 heavy (non-hydrogen) atoms. The molecule has 6 rings (SSSR count). The Labute approximate surface area is 193 Å². The molecule has 6 aromatic rings. The third-order valence-corrected chi connectivity index (χ3v) is 6.57. The summed E-state index contributed by atoms with van der Waals surface area (Å²) in [4.78, 5) is 0. The molecule has 158 valence electrons. The van der Waals surface area contributed by atoms with Crippen LogP contribution in [-0.2, 0) is 0 Å². The van der Waals surface area contributed by atoms with Gasteiger partial charge in [-0.15, -0.1) is 11.3 Å². The topological polar surface area (TPSA) is 28.7 Å². The number of nitrogens with zero attached hydrogens (tertiary/aromatic N) is 2. The predicted octanol–water partition coefficient (Wildman–Crippen LogP) is 9.08. The van der Waals surface area contributed by atoms with Gasteiger partial charge < -0.3 is 4.57 Å². The second kappa shape index (κ2) is 9.26. The van der Waals surface area contributed by atoms with E-state index in [1.54, 1.807) is 0 Å². The highest BCUT2D eigenvalue weighted by Gasteiger charge is 2.16. The molecule has 0 fully saturated rings. The number of fused-ring (bicyclic) bond motifs is 6. The van der Waals surface area contributed by atoms with Gasteiger partial charge in [-0.1, -0.05) is 76.2 Å². The molecule has 4 aromatic carbocycles. The third kappa shape index (κ3) is 3.34. The Morgan fingerprint density at radius 3 is 2.06 bits per heavy atom. The molecular weight excluding hydrogens is 408 g/mol. The first-order valence-electron chi connectivity index (χ1n) is 11.2. The molecule has 0 aliphatic heterocycles. The number of rotatable bonds is 1. The van der Waals surface area contributed by atoms with Crippen LogP contribution in [0.4, 0.5) is 0 Å². The summed E-state index contributed by atoms with van der Waals surface area (Å²) < 4.78 is 4.80. The summed E-state index contributed by atoms with van der Waals surface area (Å²) in [6.45, 7) is 8.00. The van der Waals surface area contributed by atoms with Crippen LogP contribution in [-0.4, -0.2) is 4.57 Å². The van der Waals surface area contributed by atoms with E-state index in [0.29, 0.717) is 5.56 Å². The van der Waals surface area contributed by atoms with Crippen LogP contribution >= 0.6 is 11.3 Å². The monoisotopic (exact) mass is 434 g/mol. The first-order valence-corrected chi connectivity index (χ1v) is 12.0. The van der Waals surface area contributed by atoms with E-state index < -0.39 is 0 Å². The van der Waals surface area contributed by atoms with Gasteiger partial charge in [0.25, 0.3) is 0 Å². The number of para-hydroxylation sites is 2. The Kier molecular flexibility index (Phi) is 6.25. The minimum Gasteiger partial charge on any atom is -0.308 e. The van der Waals surface area contributed by atoms with Crippen LogP contribution in [0.1, 0.15) is 33.3 Å². The zero-order valence-electron chi connectivity index (χ0n) is 18.9. The van der Waals surface area contributed by atoms with Gasteiger partial charge in [0.05, 0.1) is 22.3 Å². The summed E-state index contributed by atoms with van der Waals surface area (Å²) >= 11 is 1.82. The van der Waals surface area contributed by atoms with Crippen molar-refractivity contribution in [2.24, 2.45) is 0 Å². The van der Waals surface area contributed by atoms with Crippen molar-refractivity contribution in [3.63, 3.8) is 0 Å². The molecule has 0 aliphatic carbocycles. The zero-order valence-corrected chi connectivity index (χ0v) is 19.7. The molecule has 0 radical (unpaired) electrons. The lowest BCUT2D eigenvalue weighted by Gasteiger charge is -2.09. The lowest BCUT2D eigenvalue weighted by Crippen LogP contribution is -1.96. The van der Waals surface area contributed by atoms with E-state index in [2.05, 4.69) is 71.3 Å². The lowest BCUT2D eigenvalue weighted by atomic mass is 10.1. The highest BCUT2D eigenvalue weighted by atomic mass is 32.1. The maximum atomic E-state index is 9.67. The van der Waals surface area contributed by atoms with Crippen LogP contribution in [0.5, 0.6) is 0 Å². The van der Waals surface area contributed by atoms with Crippen molar-refractivity contribution in [3.8, 4) is 11.8 Å². The number of hydrogen-bond donors (Lipinski definition) is 0. The maximum Gasteiger partial charge on any atom is 0.101 e. The van der Waals surface area contributed by atoms with E-state index in [-0.39, 0.29) is 0 Å². The summed E-state index contributed by atoms with van der Waals surface area (Å²) in [6, 6.07) is 31.8. The maximum absolute atomic E-state index is 9.67. The molecule has 2 heterocycles. The molecule has 0 unspecified atom stereocenters. The van der Waals surface area contributed by atoms with Crippen molar-refractivity contribution in [1.29, 1.82) is 5.26 Å². The quantitative estimate of drug-likeness (QED) is 0.254. The summed E-state index contributed by atoms with van der Waals surface area (Å²) in [5, 5.41) is 14.7. The van der Waals surface area contributed by atoms with Gasteiger partial charge in [-0.25, -0.2) is 0 Å². The molecule has 0 aliphatic rings. The standard InChI is InChI=1S/C25H14N2S.2C2H6/c26-15-16-7-1-4-10-21(16)27-22-11-5-2-8-17(22)19-13-20-18-9-3-6-12-24(18)28-25(20)14-23(19)27;2*1-2/h1-14H;2*1-2H3. The lowest BCUT2D eigenvalue weighted by molar-refractivity contribution is 1.17. The van der Waals surface area contributed by atoms with Gasteiger partial charge in [0.2, 0.25) is 0 Å². The van der Waals surface area contributed by atoms with Crippen LogP contribution in [0.15, 0.2) is 84.9 Å². The van der Waals surface area contributed by atoms with Crippen molar-refractivity contribution in [2.45, 2.75) is 27.7 Å². The van der Waals surface area contributed by atoms with Crippen LogP contribution in [0.3, 0.4) is 0 Å². The second-order valence-corrected chi connectivity index (χ2v) is 8.03. The molecule has 2 nitrogen and oxygen atoms in total. The molecule has 3 heteroatoms. The first-order chi connectivity index (χ1) is 15.8. The molecule has 0 saturated heterocycles. The van der Waals surface area contributed by atoms with Crippen molar-refractivity contribution in [1.82, 2.24) is 4.57 Å². The van der Waals surface area contributed by atoms with Crippen molar-refractivity contribution in [3.05, 3.63) is 90.5 Å². The SMILES string of the molecule is CC.CC.N#Cc1ccccc1-n1c2ccccc2c2cc3c(cc21)sc1ccccc13. The van der Waals surface area contributed by atoms with Gasteiger partial charge in [-0.05, 0) is 36.4 Å². The van der Waals surface area contributed by atoms with Crippen LogP contribution in [0.2, 0.25) is 0 Å². The van der Waals surface area contributed by atoms with Crippen LogP contribution < -0.4 is 0 Å². The molecule has 0 atom stereocenters. The Balaban J connectivity index is 0.000000582. The highest BCUT2D eigenvalue weighted by Crippen LogP contribution is 2.40. The Hall–Kier alpha value is -3.61. The van der Waals surface area contributed by atoms with Crippen molar-refractivity contribution >= 4 is 53.3 Å². The van der Waals surface area contributed by atoms with Gasteiger partial charge in [-0.3, -0.25) is 0 Å². The van der Waals surface area contributed by atoms with E-state index in [1.807, 2.05) is 63.3 Å².